The molecule has 0 spiro atoms. The predicted octanol–water partition coefficient (Wildman–Crippen LogP) is 3.12. The van der Waals surface area contributed by atoms with Gasteiger partial charge in [0.1, 0.15) is 25.1 Å². The molecular weight excluding hydrogens is 365 g/mol. The fraction of sp³-hybridized carbons (Fsp3) is 0.421. The Morgan fingerprint density at radius 3 is 2.93 bits per heavy atom. The molecule has 142 valence electrons. The van der Waals surface area contributed by atoms with Crippen molar-refractivity contribution in [2.75, 3.05) is 19.8 Å². The van der Waals surface area contributed by atoms with Gasteiger partial charge in [-0.25, -0.2) is 4.79 Å². The highest BCUT2D eigenvalue weighted by molar-refractivity contribution is 7.13. The number of rotatable bonds is 3. The van der Waals surface area contributed by atoms with Crippen molar-refractivity contribution in [1.29, 1.82) is 0 Å². The Bertz CT molecular complexity index is 833. The van der Waals surface area contributed by atoms with E-state index in [1.807, 2.05) is 44.4 Å². The van der Waals surface area contributed by atoms with Gasteiger partial charge in [-0.2, -0.15) is 0 Å². The zero-order valence-electron chi connectivity index (χ0n) is 15.6. The largest absolute Gasteiger partial charge is 0.498 e. The molecule has 1 aromatic carbocycles. The van der Waals surface area contributed by atoms with Crippen LogP contribution < -0.4 is 15.5 Å². The number of benzene rings is 1. The zero-order chi connectivity index (χ0) is 19.0. The molecule has 0 fully saturated rings. The summed E-state index contributed by atoms with van der Waals surface area (Å²) in [6.07, 6.45) is -0.872. The molecule has 8 heteroatoms. The molecule has 1 atom stereocenters. The lowest BCUT2D eigenvalue weighted by atomic mass is 9.76. The van der Waals surface area contributed by atoms with Crippen molar-refractivity contribution < 1.29 is 23.6 Å². The summed E-state index contributed by atoms with van der Waals surface area (Å²) in [6, 6.07) is 8.09. The zero-order valence-corrected chi connectivity index (χ0v) is 16.4. The van der Waals surface area contributed by atoms with Gasteiger partial charge in [-0.15, -0.1) is 11.3 Å². The Morgan fingerprint density at radius 2 is 2.19 bits per heavy atom. The number of carbonyl (C=O) groups is 1. The van der Waals surface area contributed by atoms with E-state index >= 15 is 0 Å². The molecule has 2 aliphatic heterocycles. The van der Waals surface area contributed by atoms with Gasteiger partial charge in [-0.3, -0.25) is 0 Å². The Hall–Kier alpha value is -2.03. The molecule has 3 heterocycles. The summed E-state index contributed by atoms with van der Waals surface area (Å²) in [5.74, 6) is 0.773. The first-order chi connectivity index (χ1) is 12.9. The molecule has 1 amide bonds. The van der Waals surface area contributed by atoms with E-state index in [4.69, 9.17) is 18.8 Å². The molecule has 0 bridgehead atoms. The first kappa shape index (κ1) is 18.3. The number of carbonyl (C=O) groups excluding carboxylic acids is 1. The molecule has 27 heavy (non-hydrogen) atoms. The van der Waals surface area contributed by atoms with Gasteiger partial charge in [0.2, 0.25) is 0 Å². The van der Waals surface area contributed by atoms with E-state index in [9.17, 15) is 4.79 Å². The molecule has 1 aromatic heterocycles. The number of hydrogen-bond acceptors (Lipinski definition) is 6. The third-order valence-corrected chi connectivity index (χ3v) is 5.24. The molecule has 2 aliphatic rings. The topological polar surface area (TPSA) is 66.0 Å². The quantitative estimate of drug-likeness (QED) is 0.820. The van der Waals surface area contributed by atoms with Gasteiger partial charge >= 0.3 is 13.2 Å². The Balaban J connectivity index is 1.65. The second-order valence-electron chi connectivity index (χ2n) is 7.57. The minimum absolute atomic E-state index is 0.108. The van der Waals surface area contributed by atoms with Crippen molar-refractivity contribution in [3.63, 3.8) is 0 Å². The fourth-order valence-electron chi connectivity index (χ4n) is 3.31. The molecule has 0 saturated heterocycles. The Morgan fingerprint density at radius 1 is 1.33 bits per heavy atom. The minimum atomic E-state index is -0.503. The maximum Gasteiger partial charge on any atom is 0.498 e. The van der Waals surface area contributed by atoms with E-state index in [1.165, 1.54) is 0 Å². The van der Waals surface area contributed by atoms with Crippen LogP contribution in [0.5, 0.6) is 5.75 Å². The van der Waals surface area contributed by atoms with Gasteiger partial charge in [0.05, 0.1) is 6.61 Å². The smallest absolute Gasteiger partial charge is 0.492 e. The lowest BCUT2D eigenvalue weighted by molar-refractivity contribution is 0.0671. The number of amides is 1. The number of nitrogens with one attached hydrogen (secondary N) is 1. The van der Waals surface area contributed by atoms with Crippen LogP contribution in [0.25, 0.3) is 10.4 Å². The van der Waals surface area contributed by atoms with Gasteiger partial charge in [-0.1, -0.05) is 6.07 Å². The van der Waals surface area contributed by atoms with Crippen LogP contribution in [0.2, 0.25) is 0 Å². The predicted molar refractivity (Wildman–Crippen MR) is 105 cm³/mol. The van der Waals surface area contributed by atoms with Gasteiger partial charge in [0.25, 0.3) is 0 Å². The SMILES string of the molecule is CC(C)(C)NC(=O)OC[C@H]1OB2OCCOc3ccc(-c4cccs4)c1c32. The third kappa shape index (κ3) is 3.83. The Kier molecular flexibility index (Phi) is 4.88. The van der Waals surface area contributed by atoms with E-state index < -0.39 is 19.3 Å². The summed E-state index contributed by atoms with van der Waals surface area (Å²) < 4.78 is 23.2. The van der Waals surface area contributed by atoms with Crippen LogP contribution >= 0.6 is 11.3 Å². The third-order valence-electron chi connectivity index (χ3n) is 4.33. The summed E-state index contributed by atoms with van der Waals surface area (Å²) in [5.41, 5.74) is 2.58. The van der Waals surface area contributed by atoms with Gasteiger partial charge in [-0.05, 0) is 55.5 Å². The molecule has 4 rings (SSSR count). The van der Waals surface area contributed by atoms with Crippen molar-refractivity contribution in [2.45, 2.75) is 32.4 Å². The lowest BCUT2D eigenvalue weighted by Crippen LogP contribution is -2.41. The fourth-order valence-corrected chi connectivity index (χ4v) is 4.08. The highest BCUT2D eigenvalue weighted by Crippen LogP contribution is 2.39. The highest BCUT2D eigenvalue weighted by atomic mass is 32.1. The van der Waals surface area contributed by atoms with Crippen molar-refractivity contribution >= 4 is 30.0 Å². The summed E-state index contributed by atoms with van der Waals surface area (Å²) in [6.45, 7) is 6.76. The van der Waals surface area contributed by atoms with Crippen molar-refractivity contribution in [1.82, 2.24) is 5.32 Å². The van der Waals surface area contributed by atoms with Crippen LogP contribution in [0.3, 0.4) is 0 Å². The summed E-state index contributed by atoms with van der Waals surface area (Å²) in [7, 11) is -0.503. The van der Waals surface area contributed by atoms with Crippen LogP contribution in [-0.2, 0) is 14.0 Å². The second-order valence-corrected chi connectivity index (χ2v) is 8.51. The summed E-state index contributed by atoms with van der Waals surface area (Å²) in [4.78, 5) is 13.2. The highest BCUT2D eigenvalue weighted by Gasteiger charge is 2.43. The number of ether oxygens (including phenoxy) is 2. The van der Waals surface area contributed by atoms with Crippen LogP contribution in [0.1, 0.15) is 32.4 Å². The van der Waals surface area contributed by atoms with E-state index in [-0.39, 0.29) is 12.1 Å². The molecular formula is C19H22BNO5S. The average molecular weight is 387 g/mol. The first-order valence-corrected chi connectivity index (χ1v) is 9.86. The van der Waals surface area contributed by atoms with Crippen molar-refractivity contribution in [3.05, 3.63) is 35.2 Å². The molecule has 1 N–H and O–H groups in total. The normalized spacial score (nSPS) is 18.5. The van der Waals surface area contributed by atoms with Crippen LogP contribution in [0, 0.1) is 0 Å². The maximum atomic E-state index is 12.1. The number of alkyl carbamates (subject to hydrolysis) is 1. The molecule has 2 aromatic rings. The average Bonchev–Trinajstić information content (AvgIpc) is 3.19. The maximum absolute atomic E-state index is 12.1. The van der Waals surface area contributed by atoms with Crippen molar-refractivity contribution in [2.24, 2.45) is 0 Å². The standard InChI is InChI=1S/C19H22BNO5S/c1-19(2,3)21-18(22)24-11-14-16-12(15-5-4-10-27-15)6-7-13-17(16)20(26-14)25-9-8-23-13/h4-7,10,14H,8-9,11H2,1-3H3,(H,21,22)/t14-/m1/s1. The Labute approximate surface area is 162 Å². The summed E-state index contributed by atoms with van der Waals surface area (Å²) in [5, 5.41) is 4.84. The molecule has 6 nitrogen and oxygen atoms in total. The van der Waals surface area contributed by atoms with E-state index in [1.54, 1.807) is 11.3 Å². The van der Waals surface area contributed by atoms with Gasteiger partial charge in [0.15, 0.2) is 0 Å². The first-order valence-electron chi connectivity index (χ1n) is 8.98. The van der Waals surface area contributed by atoms with Crippen molar-refractivity contribution in [3.8, 4) is 16.2 Å². The lowest BCUT2D eigenvalue weighted by Gasteiger charge is -2.22. The molecule has 0 saturated carbocycles. The second kappa shape index (κ2) is 7.18. The molecule has 0 aliphatic carbocycles. The number of hydrogen-bond donors (Lipinski definition) is 1. The van der Waals surface area contributed by atoms with Crippen LogP contribution in [0.4, 0.5) is 4.79 Å². The summed E-state index contributed by atoms with van der Waals surface area (Å²) >= 11 is 1.66. The van der Waals surface area contributed by atoms with E-state index in [0.29, 0.717) is 13.2 Å². The number of thiophene rings is 1. The minimum Gasteiger partial charge on any atom is -0.492 e. The molecule has 0 unspecified atom stereocenters. The van der Waals surface area contributed by atoms with Gasteiger partial charge in [0, 0.05) is 15.9 Å². The molecule has 0 radical (unpaired) electrons. The van der Waals surface area contributed by atoms with Crippen LogP contribution in [0.15, 0.2) is 29.6 Å². The van der Waals surface area contributed by atoms with E-state index in [0.717, 1.165) is 27.2 Å². The van der Waals surface area contributed by atoms with Crippen LogP contribution in [-0.4, -0.2) is 38.6 Å². The monoisotopic (exact) mass is 387 g/mol. The van der Waals surface area contributed by atoms with E-state index in [2.05, 4.69) is 11.4 Å². The van der Waals surface area contributed by atoms with Gasteiger partial charge < -0.3 is 24.1 Å².